The van der Waals surface area contributed by atoms with E-state index in [4.69, 9.17) is 9.47 Å². The molecule has 4 aliphatic heterocycles. The van der Waals surface area contributed by atoms with Crippen molar-refractivity contribution in [2.24, 2.45) is 5.92 Å². The molecule has 39 heavy (non-hydrogen) atoms. The second-order valence-corrected chi connectivity index (χ2v) is 11.2. The van der Waals surface area contributed by atoms with Crippen molar-refractivity contribution >= 4 is 23.4 Å². The van der Waals surface area contributed by atoms with Crippen LogP contribution in [0, 0.1) is 16.0 Å². The van der Waals surface area contributed by atoms with Gasteiger partial charge in [0.15, 0.2) is 0 Å². The molecule has 0 saturated carbocycles. The molecule has 0 aromatic heterocycles. The van der Waals surface area contributed by atoms with Crippen LogP contribution in [0.25, 0.3) is 0 Å². The summed E-state index contributed by atoms with van der Waals surface area (Å²) >= 11 is 1.51. The van der Waals surface area contributed by atoms with E-state index in [1.165, 1.54) is 23.9 Å². The van der Waals surface area contributed by atoms with E-state index in [9.17, 15) is 14.9 Å². The maximum absolute atomic E-state index is 14.6. The van der Waals surface area contributed by atoms with Gasteiger partial charge in [0.05, 0.1) is 22.6 Å². The first-order chi connectivity index (χ1) is 19.0. The van der Waals surface area contributed by atoms with Gasteiger partial charge in [0, 0.05) is 12.1 Å². The number of rotatable bonds is 5. The molecule has 4 saturated heterocycles. The Morgan fingerprint density at radius 2 is 1.36 bits per heavy atom. The minimum absolute atomic E-state index is 0.0238. The van der Waals surface area contributed by atoms with Gasteiger partial charge in [-0.05, 0) is 34.4 Å². The molecule has 7 nitrogen and oxygen atoms in total. The zero-order valence-electron chi connectivity index (χ0n) is 20.8. The predicted molar refractivity (Wildman–Crippen MR) is 146 cm³/mol. The van der Waals surface area contributed by atoms with Crippen LogP contribution in [0.3, 0.4) is 0 Å². The zero-order valence-corrected chi connectivity index (χ0v) is 21.6. The lowest BCUT2D eigenvalue weighted by molar-refractivity contribution is -0.384. The van der Waals surface area contributed by atoms with Gasteiger partial charge in [0.2, 0.25) is 5.91 Å². The molecule has 4 aliphatic rings. The SMILES string of the molecule is O=C1[C@@H]2[C@H](c3ccccc3)S[C@@]3(O[C@H](c4ccccc4)CN13)O[C@]2(c1ccccc1)c1ccc([N+](=O)[O-])cc1. The van der Waals surface area contributed by atoms with E-state index in [-0.39, 0.29) is 22.9 Å². The van der Waals surface area contributed by atoms with Gasteiger partial charge in [0.1, 0.15) is 11.7 Å². The lowest BCUT2D eigenvalue weighted by Gasteiger charge is -2.60. The smallest absolute Gasteiger partial charge is 0.309 e. The molecule has 4 aromatic carbocycles. The largest absolute Gasteiger partial charge is 0.314 e. The third-order valence-electron chi connectivity index (χ3n) is 7.82. The number of nitro benzene ring substituents is 1. The molecule has 194 valence electrons. The van der Waals surface area contributed by atoms with Crippen molar-refractivity contribution in [2.75, 3.05) is 6.54 Å². The van der Waals surface area contributed by atoms with E-state index < -0.39 is 21.7 Å². The second-order valence-electron chi connectivity index (χ2n) is 9.92. The average molecular weight is 537 g/mol. The number of hydrogen-bond acceptors (Lipinski definition) is 6. The van der Waals surface area contributed by atoms with E-state index in [1.807, 2.05) is 91.0 Å². The molecule has 0 unspecified atom stereocenters. The maximum Gasteiger partial charge on any atom is 0.309 e. The first-order valence-corrected chi connectivity index (χ1v) is 13.7. The molecule has 4 heterocycles. The van der Waals surface area contributed by atoms with Crippen molar-refractivity contribution in [3.05, 3.63) is 148 Å². The fourth-order valence-electron chi connectivity index (χ4n) is 6.06. The second kappa shape index (κ2) is 9.05. The van der Waals surface area contributed by atoms with Gasteiger partial charge in [-0.15, -0.1) is 0 Å². The van der Waals surface area contributed by atoms with Crippen molar-refractivity contribution < 1.29 is 19.2 Å². The van der Waals surface area contributed by atoms with Gasteiger partial charge >= 0.3 is 5.24 Å². The van der Waals surface area contributed by atoms with E-state index in [1.54, 1.807) is 17.0 Å². The Morgan fingerprint density at radius 1 is 0.795 bits per heavy atom. The molecule has 0 radical (unpaired) electrons. The van der Waals surface area contributed by atoms with Crippen molar-refractivity contribution in [3.63, 3.8) is 0 Å². The number of benzene rings is 4. The normalized spacial score (nSPS) is 29.3. The molecule has 1 spiro atoms. The van der Waals surface area contributed by atoms with E-state index in [0.717, 1.165) is 16.7 Å². The van der Waals surface area contributed by atoms with Gasteiger partial charge in [-0.25, -0.2) is 0 Å². The van der Waals surface area contributed by atoms with Gasteiger partial charge in [-0.1, -0.05) is 103 Å². The molecule has 5 atom stereocenters. The van der Waals surface area contributed by atoms with Crippen LogP contribution in [-0.2, 0) is 19.9 Å². The quantitative estimate of drug-likeness (QED) is 0.224. The molecule has 8 heteroatoms. The van der Waals surface area contributed by atoms with Gasteiger partial charge in [0.25, 0.3) is 5.69 Å². The number of fused-ring (bicyclic) bond motifs is 2. The summed E-state index contributed by atoms with van der Waals surface area (Å²) in [5.74, 6) is -0.705. The van der Waals surface area contributed by atoms with Crippen LogP contribution in [0.5, 0.6) is 0 Å². The number of ether oxygens (including phenoxy) is 2. The van der Waals surface area contributed by atoms with Crippen LogP contribution >= 0.6 is 11.8 Å². The number of amides is 1. The molecular formula is C31H24N2O5S. The molecule has 1 amide bonds. The monoisotopic (exact) mass is 536 g/mol. The molecule has 0 aliphatic carbocycles. The van der Waals surface area contributed by atoms with Gasteiger partial charge in [-0.2, -0.15) is 0 Å². The summed E-state index contributed by atoms with van der Waals surface area (Å²) in [6.07, 6.45) is -0.360. The highest BCUT2D eigenvalue weighted by atomic mass is 32.2. The Hall–Kier alpha value is -3.98. The first kappa shape index (κ1) is 24.1. The Bertz CT molecular complexity index is 1540. The highest BCUT2D eigenvalue weighted by Crippen LogP contribution is 2.68. The lowest BCUT2D eigenvalue weighted by atomic mass is 9.71. The number of nitro groups is 1. The first-order valence-electron chi connectivity index (χ1n) is 12.8. The molecule has 0 N–H and O–H groups in total. The fraction of sp³-hybridized carbons (Fsp3) is 0.194. The molecule has 4 fully saturated rings. The van der Waals surface area contributed by atoms with Crippen LogP contribution in [0.15, 0.2) is 115 Å². The molecular weight excluding hydrogens is 512 g/mol. The zero-order chi connectivity index (χ0) is 26.6. The van der Waals surface area contributed by atoms with Gasteiger partial charge < -0.3 is 9.47 Å². The Kier molecular flexibility index (Phi) is 5.59. The van der Waals surface area contributed by atoms with Crippen molar-refractivity contribution in [1.82, 2.24) is 4.90 Å². The number of carbonyl (C=O) groups excluding carboxylic acids is 1. The Morgan fingerprint density at radius 3 is 1.97 bits per heavy atom. The minimum atomic E-state index is -1.38. The van der Waals surface area contributed by atoms with Gasteiger partial charge in [-0.3, -0.25) is 19.8 Å². The summed E-state index contributed by atoms with van der Waals surface area (Å²) in [4.78, 5) is 27.4. The standard InChI is InChI=1S/C31H24N2O5S/c34-29-27-28(22-12-6-2-7-13-22)39-31(32(29)20-26(37-31)21-10-4-1-5-11-21)38-30(27,23-14-8-3-9-15-23)24-16-18-25(19-17-24)33(35)36/h1-19,26-28H,20H2/t26-,27-,28-,30+,31-/m0/s1. The van der Waals surface area contributed by atoms with E-state index in [2.05, 4.69) is 0 Å². The van der Waals surface area contributed by atoms with Crippen molar-refractivity contribution in [1.29, 1.82) is 0 Å². The predicted octanol–water partition coefficient (Wildman–Crippen LogP) is 6.18. The van der Waals surface area contributed by atoms with E-state index >= 15 is 0 Å². The third kappa shape index (κ3) is 3.63. The Labute approximate surface area is 229 Å². The van der Waals surface area contributed by atoms with Crippen LogP contribution in [0.2, 0.25) is 0 Å². The summed E-state index contributed by atoms with van der Waals surface area (Å²) in [5.41, 5.74) is 2.18. The van der Waals surface area contributed by atoms with Crippen molar-refractivity contribution in [2.45, 2.75) is 22.2 Å². The van der Waals surface area contributed by atoms with E-state index in [0.29, 0.717) is 12.1 Å². The summed E-state index contributed by atoms with van der Waals surface area (Å²) in [6.45, 7) is 0.374. The molecule has 8 rings (SSSR count). The highest BCUT2D eigenvalue weighted by molar-refractivity contribution is 8.00. The van der Waals surface area contributed by atoms with Crippen molar-refractivity contribution in [3.8, 4) is 0 Å². The van der Waals surface area contributed by atoms with Crippen LogP contribution in [0.1, 0.15) is 33.6 Å². The highest BCUT2D eigenvalue weighted by Gasteiger charge is 2.72. The Balaban J connectivity index is 1.45. The van der Waals surface area contributed by atoms with Crippen LogP contribution < -0.4 is 0 Å². The lowest BCUT2D eigenvalue weighted by Crippen LogP contribution is -2.69. The molecule has 2 bridgehead atoms. The number of hydrogen-bond donors (Lipinski definition) is 0. The number of nitrogens with zero attached hydrogens (tertiary/aromatic N) is 2. The summed E-state index contributed by atoms with van der Waals surface area (Å²) in [7, 11) is 0. The molecule has 4 aromatic rings. The number of thioether (sulfide) groups is 1. The number of carbonyl (C=O) groups is 1. The number of non-ortho nitro benzene ring substituents is 1. The average Bonchev–Trinajstić information content (AvgIpc) is 3.38. The topological polar surface area (TPSA) is 81.9 Å². The summed E-state index contributed by atoms with van der Waals surface area (Å²) < 4.78 is 13.9. The maximum atomic E-state index is 14.6. The summed E-state index contributed by atoms with van der Waals surface area (Å²) in [6, 6.07) is 35.8. The van der Waals surface area contributed by atoms with Crippen LogP contribution in [0.4, 0.5) is 5.69 Å². The minimum Gasteiger partial charge on any atom is -0.314 e. The van der Waals surface area contributed by atoms with Crippen LogP contribution in [-0.4, -0.2) is 27.5 Å². The summed E-state index contributed by atoms with van der Waals surface area (Å²) in [5, 5.41) is 9.80. The third-order valence-corrected chi connectivity index (χ3v) is 9.31. The fourth-order valence-corrected chi connectivity index (χ4v) is 7.76.